The second-order valence-electron chi connectivity index (χ2n) is 3.91. The fourth-order valence-corrected chi connectivity index (χ4v) is 3.78. The molecule has 2 rings (SSSR count). The van der Waals surface area contributed by atoms with Gasteiger partial charge in [0.15, 0.2) is 34.9 Å². The SMILES string of the molecule is Fc1cc(F)c(P(Cl)c2c(F)cc(F)c(F)c2F)c(F)c1F. The van der Waals surface area contributed by atoms with Crippen molar-refractivity contribution in [3.8, 4) is 0 Å². The minimum absolute atomic E-state index is 0.0822. The molecule has 0 unspecified atom stereocenters. The predicted molar refractivity (Wildman–Crippen MR) is 64.6 cm³/mol. The molecule has 0 spiro atoms. The van der Waals surface area contributed by atoms with Gasteiger partial charge in [0.2, 0.25) is 0 Å². The molecule has 22 heavy (non-hydrogen) atoms. The van der Waals surface area contributed by atoms with Gasteiger partial charge >= 0.3 is 0 Å². The second-order valence-corrected chi connectivity index (χ2v) is 6.38. The van der Waals surface area contributed by atoms with Gasteiger partial charge in [-0.1, -0.05) is 11.2 Å². The molecule has 0 N–H and O–H groups in total. The van der Waals surface area contributed by atoms with Gasteiger partial charge in [-0.25, -0.2) is 35.1 Å². The van der Waals surface area contributed by atoms with Gasteiger partial charge in [-0.3, -0.25) is 0 Å². The largest absolute Gasteiger partial charge is 0.206 e. The second kappa shape index (κ2) is 6.01. The third-order valence-electron chi connectivity index (χ3n) is 2.57. The lowest BCUT2D eigenvalue weighted by molar-refractivity contribution is 0.439. The summed E-state index contributed by atoms with van der Waals surface area (Å²) in [5.41, 5.74) is 0. The summed E-state index contributed by atoms with van der Waals surface area (Å²) >= 11 is 5.53. The van der Waals surface area contributed by atoms with Gasteiger partial charge in [-0.05, 0) is 0 Å². The summed E-state index contributed by atoms with van der Waals surface area (Å²) < 4.78 is 106. The Hall–Kier alpha value is -1.40. The van der Waals surface area contributed by atoms with Crippen LogP contribution in [0.5, 0.6) is 0 Å². The Bertz CT molecular complexity index is 700. The van der Waals surface area contributed by atoms with Crippen LogP contribution in [0.1, 0.15) is 0 Å². The van der Waals surface area contributed by atoms with Crippen molar-refractivity contribution in [3.05, 3.63) is 58.7 Å². The van der Waals surface area contributed by atoms with Crippen molar-refractivity contribution in [1.82, 2.24) is 0 Å². The minimum atomic E-state index is -3.15. The molecule has 0 aliphatic heterocycles. The fraction of sp³-hybridized carbons (Fsp3) is 0. The van der Waals surface area contributed by atoms with Crippen molar-refractivity contribution in [2.24, 2.45) is 0 Å². The normalized spacial score (nSPS) is 11.4. The molecule has 0 aliphatic carbocycles. The zero-order chi connectivity index (χ0) is 16.8. The van der Waals surface area contributed by atoms with E-state index in [2.05, 4.69) is 0 Å². The zero-order valence-electron chi connectivity index (χ0n) is 10.0. The smallest absolute Gasteiger partial charge is 0.195 e. The highest BCUT2D eigenvalue weighted by atomic mass is 35.7. The predicted octanol–water partition coefficient (Wildman–Crippen LogP) is 4.39. The maximum atomic E-state index is 13.6. The standard InChI is InChI=1S/C12H2ClF8P/c13-22(11-5(16)1-3(14)7(18)9(11)20)12-6(17)2-4(15)8(19)10(12)21/h1-2H. The molecule has 0 nitrogen and oxygen atoms in total. The molecule has 0 saturated heterocycles. The molecule has 0 heterocycles. The monoisotopic (exact) mass is 364 g/mol. The van der Waals surface area contributed by atoms with Crippen molar-refractivity contribution >= 4 is 29.1 Å². The highest BCUT2D eigenvalue weighted by molar-refractivity contribution is 7.95. The first-order valence-corrected chi connectivity index (χ1v) is 7.53. The van der Waals surface area contributed by atoms with Crippen LogP contribution in [0.15, 0.2) is 12.1 Å². The summed E-state index contributed by atoms with van der Waals surface area (Å²) in [5.74, 6) is -15.7. The van der Waals surface area contributed by atoms with E-state index in [0.29, 0.717) is 0 Å². The molecule has 118 valence electrons. The van der Waals surface area contributed by atoms with Crippen LogP contribution in [0.4, 0.5) is 35.1 Å². The molecular formula is C12H2ClF8P. The molecular weight excluding hydrogens is 363 g/mol. The lowest BCUT2D eigenvalue weighted by atomic mass is 10.3. The molecule has 2 aromatic rings. The number of hydrogen-bond donors (Lipinski definition) is 0. The first-order chi connectivity index (χ1) is 10.2. The Kier molecular flexibility index (Phi) is 4.63. The molecule has 0 radical (unpaired) electrons. The van der Waals surface area contributed by atoms with E-state index in [1.807, 2.05) is 0 Å². The third kappa shape index (κ3) is 2.65. The zero-order valence-corrected chi connectivity index (χ0v) is 11.7. The van der Waals surface area contributed by atoms with Crippen molar-refractivity contribution < 1.29 is 35.1 Å². The quantitative estimate of drug-likeness (QED) is 0.321. The van der Waals surface area contributed by atoms with Gasteiger partial charge in [0.05, 0.1) is 17.9 Å². The summed E-state index contributed by atoms with van der Waals surface area (Å²) in [4.78, 5) is 0. The van der Waals surface area contributed by atoms with E-state index in [-0.39, 0.29) is 12.1 Å². The van der Waals surface area contributed by atoms with Crippen LogP contribution in [0.2, 0.25) is 0 Å². The summed E-state index contributed by atoms with van der Waals surface area (Å²) in [7, 11) is -3.15. The average Bonchev–Trinajstić information content (AvgIpc) is 2.42. The maximum Gasteiger partial charge on any atom is 0.195 e. The Labute approximate surface area is 123 Å². The van der Waals surface area contributed by atoms with E-state index in [1.165, 1.54) is 0 Å². The van der Waals surface area contributed by atoms with Crippen LogP contribution in [0.25, 0.3) is 0 Å². The van der Waals surface area contributed by atoms with Gasteiger partial charge in [-0.2, -0.15) is 0 Å². The maximum absolute atomic E-state index is 13.6. The number of benzene rings is 2. The van der Waals surface area contributed by atoms with Gasteiger partial charge in [0.1, 0.15) is 11.6 Å². The molecule has 2 aromatic carbocycles. The molecule has 0 fully saturated rings. The van der Waals surface area contributed by atoms with Crippen LogP contribution >= 0.6 is 18.5 Å². The van der Waals surface area contributed by atoms with Crippen LogP contribution in [-0.4, -0.2) is 0 Å². The van der Waals surface area contributed by atoms with E-state index in [9.17, 15) is 35.1 Å². The van der Waals surface area contributed by atoms with E-state index in [0.717, 1.165) is 0 Å². The summed E-state index contributed by atoms with van der Waals surface area (Å²) in [6.07, 6.45) is 0. The van der Waals surface area contributed by atoms with Gasteiger partial charge in [-0.15, -0.1) is 0 Å². The van der Waals surface area contributed by atoms with Crippen LogP contribution in [0.3, 0.4) is 0 Å². The Balaban J connectivity index is 2.72. The molecule has 0 aliphatic rings. The van der Waals surface area contributed by atoms with Gasteiger partial charge < -0.3 is 0 Å². The third-order valence-corrected chi connectivity index (χ3v) is 5.19. The first-order valence-electron chi connectivity index (χ1n) is 5.28. The van der Waals surface area contributed by atoms with Crippen LogP contribution in [-0.2, 0) is 0 Å². The summed E-state index contributed by atoms with van der Waals surface area (Å²) in [6.45, 7) is 0. The molecule has 0 atom stereocenters. The molecule has 0 aromatic heterocycles. The Morgan fingerprint density at radius 2 is 0.864 bits per heavy atom. The lowest BCUT2D eigenvalue weighted by Gasteiger charge is -2.15. The molecule has 0 bridgehead atoms. The Morgan fingerprint density at radius 1 is 0.545 bits per heavy atom. The first kappa shape index (κ1) is 17.0. The van der Waals surface area contributed by atoms with Crippen molar-refractivity contribution in [2.45, 2.75) is 0 Å². The fourth-order valence-electron chi connectivity index (χ4n) is 1.58. The number of halogens is 9. The van der Waals surface area contributed by atoms with E-state index in [1.54, 1.807) is 0 Å². The van der Waals surface area contributed by atoms with E-state index >= 15 is 0 Å². The van der Waals surface area contributed by atoms with Gasteiger partial charge in [0.25, 0.3) is 0 Å². The molecule has 0 amide bonds. The van der Waals surface area contributed by atoms with E-state index < -0.39 is 64.4 Å². The highest BCUT2D eigenvalue weighted by Crippen LogP contribution is 2.43. The van der Waals surface area contributed by atoms with E-state index in [4.69, 9.17) is 11.2 Å². The van der Waals surface area contributed by atoms with Gasteiger partial charge in [0, 0.05) is 12.1 Å². The summed E-state index contributed by atoms with van der Waals surface area (Å²) in [6, 6.07) is -0.164. The van der Waals surface area contributed by atoms with Crippen molar-refractivity contribution in [3.63, 3.8) is 0 Å². The minimum Gasteiger partial charge on any atom is -0.206 e. The summed E-state index contributed by atoms with van der Waals surface area (Å²) in [5, 5.41) is -2.75. The molecule has 0 saturated carbocycles. The number of hydrogen-bond acceptors (Lipinski definition) is 0. The molecule has 10 heteroatoms. The van der Waals surface area contributed by atoms with Crippen LogP contribution in [0, 0.1) is 46.5 Å². The van der Waals surface area contributed by atoms with Crippen LogP contribution < -0.4 is 10.6 Å². The highest BCUT2D eigenvalue weighted by Gasteiger charge is 2.32. The lowest BCUT2D eigenvalue weighted by Crippen LogP contribution is -2.24. The topological polar surface area (TPSA) is 0 Å². The Morgan fingerprint density at radius 3 is 1.18 bits per heavy atom. The van der Waals surface area contributed by atoms with Crippen molar-refractivity contribution in [1.29, 1.82) is 0 Å². The number of rotatable bonds is 2. The average molecular weight is 365 g/mol. The van der Waals surface area contributed by atoms with Crippen molar-refractivity contribution in [2.75, 3.05) is 0 Å².